The van der Waals surface area contributed by atoms with Crippen LogP contribution in [0.4, 0.5) is 0 Å². The zero-order valence-corrected chi connectivity index (χ0v) is 10.9. The van der Waals surface area contributed by atoms with Gasteiger partial charge in [-0.25, -0.2) is 5.43 Å². The van der Waals surface area contributed by atoms with Gasteiger partial charge in [-0.05, 0) is 13.3 Å². The summed E-state index contributed by atoms with van der Waals surface area (Å²) in [6, 6.07) is -0.149. The summed E-state index contributed by atoms with van der Waals surface area (Å²) < 4.78 is 12.5. The lowest BCUT2D eigenvalue weighted by molar-refractivity contribution is 0.0790. The van der Waals surface area contributed by atoms with Gasteiger partial charge in [0.2, 0.25) is 0 Å². The molecule has 0 aliphatic heterocycles. The van der Waals surface area contributed by atoms with Gasteiger partial charge in [0.05, 0.1) is 25.5 Å². The third kappa shape index (κ3) is 2.96. The Bertz CT molecular complexity index is 340. The SMILES string of the molecule is CCCn1ncc(OC)c1C(NN)C(C)OC. The summed E-state index contributed by atoms with van der Waals surface area (Å²) in [4.78, 5) is 0. The van der Waals surface area contributed by atoms with Crippen LogP contribution in [-0.4, -0.2) is 30.1 Å². The van der Waals surface area contributed by atoms with Crippen molar-refractivity contribution < 1.29 is 9.47 Å². The molecule has 0 aromatic carbocycles. The summed E-state index contributed by atoms with van der Waals surface area (Å²) in [5, 5.41) is 4.30. The topological polar surface area (TPSA) is 74.3 Å². The molecule has 0 spiro atoms. The number of rotatable bonds is 7. The van der Waals surface area contributed by atoms with E-state index in [2.05, 4.69) is 17.4 Å². The number of nitrogens with one attached hydrogen (secondary N) is 1. The average Bonchev–Trinajstić information content (AvgIpc) is 2.74. The van der Waals surface area contributed by atoms with Crippen LogP contribution < -0.4 is 16.0 Å². The molecule has 1 heterocycles. The number of aryl methyl sites for hydroxylation is 1. The zero-order chi connectivity index (χ0) is 12.8. The third-order valence-corrected chi connectivity index (χ3v) is 2.82. The lowest BCUT2D eigenvalue weighted by Crippen LogP contribution is -2.37. The molecule has 0 aliphatic carbocycles. The van der Waals surface area contributed by atoms with Crippen molar-refractivity contribution in [1.29, 1.82) is 0 Å². The fourth-order valence-electron chi connectivity index (χ4n) is 1.81. The van der Waals surface area contributed by atoms with Crippen molar-refractivity contribution in [2.45, 2.75) is 39.0 Å². The number of nitrogens with zero attached hydrogens (tertiary/aromatic N) is 2. The predicted molar refractivity (Wildman–Crippen MR) is 65.6 cm³/mol. The molecule has 3 N–H and O–H groups in total. The smallest absolute Gasteiger partial charge is 0.161 e. The fourth-order valence-corrected chi connectivity index (χ4v) is 1.81. The summed E-state index contributed by atoms with van der Waals surface area (Å²) >= 11 is 0. The van der Waals surface area contributed by atoms with Crippen LogP contribution in [0.2, 0.25) is 0 Å². The highest BCUT2D eigenvalue weighted by molar-refractivity contribution is 5.29. The number of methoxy groups -OCH3 is 2. The highest BCUT2D eigenvalue weighted by atomic mass is 16.5. The molecule has 0 aliphatic rings. The van der Waals surface area contributed by atoms with Gasteiger partial charge in [-0.1, -0.05) is 6.92 Å². The first-order valence-electron chi connectivity index (χ1n) is 5.78. The molecule has 98 valence electrons. The maximum absolute atomic E-state index is 5.60. The first-order chi connectivity index (χ1) is 8.19. The monoisotopic (exact) mass is 242 g/mol. The fraction of sp³-hybridized carbons (Fsp3) is 0.727. The molecule has 6 nitrogen and oxygen atoms in total. The highest BCUT2D eigenvalue weighted by Crippen LogP contribution is 2.27. The lowest BCUT2D eigenvalue weighted by Gasteiger charge is -2.23. The molecule has 17 heavy (non-hydrogen) atoms. The van der Waals surface area contributed by atoms with E-state index < -0.39 is 0 Å². The zero-order valence-electron chi connectivity index (χ0n) is 10.9. The number of ether oxygens (including phenoxy) is 2. The Balaban J connectivity index is 3.09. The molecule has 0 bridgehead atoms. The Morgan fingerprint density at radius 2 is 2.24 bits per heavy atom. The van der Waals surface area contributed by atoms with Gasteiger partial charge in [-0.3, -0.25) is 10.5 Å². The molecule has 2 unspecified atom stereocenters. The van der Waals surface area contributed by atoms with Gasteiger partial charge in [0.15, 0.2) is 5.75 Å². The van der Waals surface area contributed by atoms with Gasteiger partial charge in [0, 0.05) is 13.7 Å². The van der Waals surface area contributed by atoms with E-state index in [1.807, 2.05) is 11.6 Å². The number of hydrogen-bond donors (Lipinski definition) is 2. The van der Waals surface area contributed by atoms with Gasteiger partial charge >= 0.3 is 0 Å². The van der Waals surface area contributed by atoms with E-state index in [0.29, 0.717) is 0 Å². The highest BCUT2D eigenvalue weighted by Gasteiger charge is 2.25. The molecule has 0 amide bonds. The molecular weight excluding hydrogens is 220 g/mol. The maximum atomic E-state index is 5.60. The Kier molecular flexibility index (Phi) is 5.40. The van der Waals surface area contributed by atoms with Crippen molar-refractivity contribution in [3.05, 3.63) is 11.9 Å². The van der Waals surface area contributed by atoms with E-state index in [-0.39, 0.29) is 12.1 Å². The molecule has 1 rings (SSSR count). The maximum Gasteiger partial charge on any atom is 0.161 e. The van der Waals surface area contributed by atoms with E-state index in [1.165, 1.54) is 0 Å². The van der Waals surface area contributed by atoms with E-state index >= 15 is 0 Å². The van der Waals surface area contributed by atoms with E-state index in [4.69, 9.17) is 15.3 Å². The molecular formula is C11H22N4O2. The van der Waals surface area contributed by atoms with Crippen molar-refractivity contribution in [2.24, 2.45) is 5.84 Å². The minimum atomic E-state index is -0.149. The predicted octanol–water partition coefficient (Wildman–Crippen LogP) is 0.841. The largest absolute Gasteiger partial charge is 0.493 e. The number of nitrogens with two attached hydrogens (primary N) is 1. The summed E-state index contributed by atoms with van der Waals surface area (Å²) in [6.07, 6.45) is 2.63. The van der Waals surface area contributed by atoms with Crippen molar-refractivity contribution in [3.8, 4) is 5.75 Å². The second-order valence-electron chi connectivity index (χ2n) is 3.91. The minimum Gasteiger partial charge on any atom is -0.493 e. The second-order valence-corrected chi connectivity index (χ2v) is 3.91. The molecule has 6 heteroatoms. The second kappa shape index (κ2) is 6.58. The molecule has 0 saturated heterocycles. The van der Waals surface area contributed by atoms with Gasteiger partial charge in [0.1, 0.15) is 5.69 Å². The summed E-state index contributed by atoms with van der Waals surface area (Å²) in [5.74, 6) is 6.33. The van der Waals surface area contributed by atoms with Crippen LogP contribution in [0.5, 0.6) is 5.75 Å². The van der Waals surface area contributed by atoms with Crippen LogP contribution in [0, 0.1) is 0 Å². The van der Waals surface area contributed by atoms with E-state index in [0.717, 1.165) is 24.4 Å². The molecule has 0 radical (unpaired) electrons. The molecule has 0 saturated carbocycles. The van der Waals surface area contributed by atoms with Gasteiger partial charge < -0.3 is 9.47 Å². The van der Waals surface area contributed by atoms with E-state index in [9.17, 15) is 0 Å². The quantitative estimate of drug-likeness (QED) is 0.547. The standard InChI is InChI=1S/C11H22N4O2/c1-5-6-15-11(9(17-4)7-13-15)10(14-12)8(2)16-3/h7-8,10,14H,5-6,12H2,1-4H3. The Labute approximate surface area is 102 Å². The summed E-state index contributed by atoms with van der Waals surface area (Å²) in [5.41, 5.74) is 3.69. The van der Waals surface area contributed by atoms with Crippen LogP contribution >= 0.6 is 0 Å². The number of hydrazine groups is 1. The van der Waals surface area contributed by atoms with Gasteiger partial charge in [-0.2, -0.15) is 5.10 Å². The third-order valence-electron chi connectivity index (χ3n) is 2.82. The molecule has 1 aromatic rings. The Morgan fingerprint density at radius 1 is 1.53 bits per heavy atom. The van der Waals surface area contributed by atoms with E-state index in [1.54, 1.807) is 20.4 Å². The first-order valence-corrected chi connectivity index (χ1v) is 5.78. The number of hydrogen-bond acceptors (Lipinski definition) is 5. The van der Waals surface area contributed by atoms with Crippen LogP contribution in [0.25, 0.3) is 0 Å². The lowest BCUT2D eigenvalue weighted by atomic mass is 10.1. The van der Waals surface area contributed by atoms with Crippen LogP contribution in [0.1, 0.15) is 32.0 Å². The first kappa shape index (κ1) is 14.0. The molecule has 0 fully saturated rings. The average molecular weight is 242 g/mol. The van der Waals surface area contributed by atoms with Crippen molar-refractivity contribution in [2.75, 3.05) is 14.2 Å². The summed E-state index contributed by atoms with van der Waals surface area (Å²) in [7, 11) is 3.28. The Morgan fingerprint density at radius 3 is 2.71 bits per heavy atom. The minimum absolute atomic E-state index is 0.0683. The van der Waals surface area contributed by atoms with Crippen LogP contribution in [0.15, 0.2) is 6.20 Å². The van der Waals surface area contributed by atoms with Crippen molar-refractivity contribution >= 4 is 0 Å². The van der Waals surface area contributed by atoms with Gasteiger partial charge in [-0.15, -0.1) is 0 Å². The van der Waals surface area contributed by atoms with Gasteiger partial charge in [0.25, 0.3) is 0 Å². The van der Waals surface area contributed by atoms with Crippen LogP contribution in [-0.2, 0) is 11.3 Å². The van der Waals surface area contributed by atoms with Crippen LogP contribution in [0.3, 0.4) is 0 Å². The Hall–Kier alpha value is -1.11. The van der Waals surface area contributed by atoms with Crippen molar-refractivity contribution in [1.82, 2.24) is 15.2 Å². The number of aromatic nitrogens is 2. The molecule has 1 aromatic heterocycles. The summed E-state index contributed by atoms with van der Waals surface area (Å²) in [6.45, 7) is 4.88. The van der Waals surface area contributed by atoms with Crippen molar-refractivity contribution in [3.63, 3.8) is 0 Å². The normalized spacial score (nSPS) is 14.6. The molecule has 2 atom stereocenters.